The number of ether oxygens (including phenoxy) is 1. The van der Waals surface area contributed by atoms with Crippen LogP contribution in [0.1, 0.15) is 25.7 Å². The zero-order valence-electron chi connectivity index (χ0n) is 11.1. The highest BCUT2D eigenvalue weighted by atomic mass is 32.1. The molecule has 1 N–H and O–H groups in total. The molecule has 0 bridgehead atoms. The number of aryl methyl sites for hydroxylation is 1. The van der Waals surface area contributed by atoms with Gasteiger partial charge in [0.1, 0.15) is 0 Å². The number of carbonyl (C=O) groups is 1. The molecular weight excluding hydrogens is 258 g/mol. The molecular formula is C15H17NO2S. The van der Waals surface area contributed by atoms with Gasteiger partial charge in [0, 0.05) is 18.5 Å². The highest BCUT2D eigenvalue weighted by Gasteiger charge is 2.07. The summed E-state index contributed by atoms with van der Waals surface area (Å²) in [6.07, 6.45) is 0. The van der Waals surface area contributed by atoms with Gasteiger partial charge in [-0.15, -0.1) is 11.3 Å². The average molecular weight is 275 g/mol. The van der Waals surface area contributed by atoms with Gasteiger partial charge in [0.15, 0.2) is 0 Å². The van der Waals surface area contributed by atoms with Crippen molar-refractivity contribution in [3.63, 3.8) is 0 Å². The molecule has 0 fully saturated rings. The van der Waals surface area contributed by atoms with Gasteiger partial charge in [-0.2, -0.15) is 0 Å². The second kappa shape index (κ2) is 6.50. The fourth-order valence-electron chi connectivity index (χ4n) is 1.82. The van der Waals surface area contributed by atoms with Crippen molar-refractivity contribution in [1.82, 2.24) is 5.32 Å². The second-order valence-corrected chi connectivity index (χ2v) is 5.63. The third kappa shape index (κ3) is 3.91. The quantitative estimate of drug-likeness (QED) is 0.910. The first-order valence-electron chi connectivity index (χ1n) is 6.10. The SMILES string of the molecule is COCc1cccc(CNC(=O)c2ccc(C)s2)c1. The van der Waals surface area contributed by atoms with Crippen LogP contribution in [0.5, 0.6) is 0 Å². The van der Waals surface area contributed by atoms with Crippen molar-refractivity contribution >= 4 is 17.2 Å². The Bertz CT molecular complexity index is 563. The van der Waals surface area contributed by atoms with Crippen LogP contribution in [0.3, 0.4) is 0 Å². The van der Waals surface area contributed by atoms with Gasteiger partial charge in [0.05, 0.1) is 11.5 Å². The topological polar surface area (TPSA) is 38.3 Å². The van der Waals surface area contributed by atoms with Crippen molar-refractivity contribution in [3.05, 3.63) is 57.3 Å². The molecule has 0 saturated heterocycles. The van der Waals surface area contributed by atoms with Crippen molar-refractivity contribution in [1.29, 1.82) is 0 Å². The highest BCUT2D eigenvalue weighted by molar-refractivity contribution is 7.13. The van der Waals surface area contributed by atoms with E-state index in [2.05, 4.69) is 5.32 Å². The number of amides is 1. The molecule has 1 aromatic carbocycles. The fraction of sp³-hybridized carbons (Fsp3) is 0.267. The first kappa shape index (κ1) is 13.8. The molecule has 0 unspecified atom stereocenters. The molecule has 1 aromatic heterocycles. The summed E-state index contributed by atoms with van der Waals surface area (Å²) in [6, 6.07) is 11.8. The number of methoxy groups -OCH3 is 1. The summed E-state index contributed by atoms with van der Waals surface area (Å²) >= 11 is 1.51. The maximum Gasteiger partial charge on any atom is 0.261 e. The Balaban J connectivity index is 1.95. The summed E-state index contributed by atoms with van der Waals surface area (Å²) in [7, 11) is 1.67. The van der Waals surface area contributed by atoms with E-state index in [9.17, 15) is 4.79 Å². The Morgan fingerprint density at radius 1 is 1.26 bits per heavy atom. The van der Waals surface area contributed by atoms with Crippen LogP contribution in [0, 0.1) is 6.92 Å². The van der Waals surface area contributed by atoms with Crippen LogP contribution in [0.25, 0.3) is 0 Å². The second-order valence-electron chi connectivity index (χ2n) is 4.35. The van der Waals surface area contributed by atoms with E-state index in [1.165, 1.54) is 11.3 Å². The van der Waals surface area contributed by atoms with Gasteiger partial charge in [-0.3, -0.25) is 4.79 Å². The minimum atomic E-state index is -0.0183. The van der Waals surface area contributed by atoms with E-state index >= 15 is 0 Å². The van der Waals surface area contributed by atoms with E-state index in [-0.39, 0.29) is 5.91 Å². The number of thiophene rings is 1. The molecule has 0 atom stereocenters. The molecule has 1 heterocycles. The van der Waals surface area contributed by atoms with Crippen molar-refractivity contribution in [2.75, 3.05) is 7.11 Å². The maximum atomic E-state index is 11.9. The number of nitrogens with one attached hydrogen (secondary N) is 1. The molecule has 19 heavy (non-hydrogen) atoms. The zero-order valence-corrected chi connectivity index (χ0v) is 11.9. The molecule has 1 amide bonds. The minimum absolute atomic E-state index is 0.0183. The fourth-order valence-corrected chi connectivity index (χ4v) is 2.61. The van der Waals surface area contributed by atoms with E-state index < -0.39 is 0 Å². The van der Waals surface area contributed by atoms with Gasteiger partial charge in [0.25, 0.3) is 5.91 Å². The van der Waals surface area contributed by atoms with Crippen LogP contribution in [0.15, 0.2) is 36.4 Å². The predicted molar refractivity (Wildman–Crippen MR) is 77.4 cm³/mol. The van der Waals surface area contributed by atoms with Crippen LogP contribution >= 0.6 is 11.3 Å². The van der Waals surface area contributed by atoms with Crippen LogP contribution < -0.4 is 5.32 Å². The van der Waals surface area contributed by atoms with Gasteiger partial charge >= 0.3 is 0 Å². The Morgan fingerprint density at radius 2 is 2.05 bits per heavy atom. The van der Waals surface area contributed by atoms with E-state index in [4.69, 9.17) is 4.74 Å². The van der Waals surface area contributed by atoms with Crippen molar-refractivity contribution < 1.29 is 9.53 Å². The van der Waals surface area contributed by atoms with Crippen molar-refractivity contribution in [3.8, 4) is 0 Å². The molecule has 2 aromatic rings. The minimum Gasteiger partial charge on any atom is -0.380 e. The van der Waals surface area contributed by atoms with Crippen molar-refractivity contribution in [2.45, 2.75) is 20.1 Å². The third-order valence-electron chi connectivity index (χ3n) is 2.72. The monoisotopic (exact) mass is 275 g/mol. The Morgan fingerprint density at radius 3 is 2.74 bits per heavy atom. The number of benzene rings is 1. The molecule has 3 nitrogen and oxygen atoms in total. The third-order valence-corrected chi connectivity index (χ3v) is 3.72. The summed E-state index contributed by atoms with van der Waals surface area (Å²) < 4.78 is 5.09. The van der Waals surface area contributed by atoms with E-state index in [1.807, 2.05) is 43.3 Å². The number of hydrogen-bond donors (Lipinski definition) is 1. The molecule has 0 aliphatic rings. The van der Waals surface area contributed by atoms with Gasteiger partial charge < -0.3 is 10.1 Å². The lowest BCUT2D eigenvalue weighted by Crippen LogP contribution is -2.21. The summed E-state index contributed by atoms with van der Waals surface area (Å²) in [4.78, 5) is 13.8. The smallest absolute Gasteiger partial charge is 0.261 e. The van der Waals surface area contributed by atoms with Crippen LogP contribution in [0.2, 0.25) is 0 Å². The largest absolute Gasteiger partial charge is 0.380 e. The van der Waals surface area contributed by atoms with Gasteiger partial charge in [0.2, 0.25) is 0 Å². The molecule has 0 spiro atoms. The summed E-state index contributed by atoms with van der Waals surface area (Å²) in [5.74, 6) is -0.0183. The lowest BCUT2D eigenvalue weighted by Gasteiger charge is -2.06. The Labute approximate surface area is 117 Å². The molecule has 0 aliphatic heterocycles. The normalized spacial score (nSPS) is 10.4. The molecule has 100 valence electrons. The Hall–Kier alpha value is -1.65. The van der Waals surface area contributed by atoms with Gasteiger partial charge in [-0.1, -0.05) is 24.3 Å². The lowest BCUT2D eigenvalue weighted by atomic mass is 10.1. The standard InChI is InChI=1S/C15H17NO2S/c1-11-6-7-14(19-11)15(17)16-9-12-4-3-5-13(8-12)10-18-2/h3-8H,9-10H2,1-2H3,(H,16,17). The van der Waals surface area contributed by atoms with Gasteiger partial charge in [-0.25, -0.2) is 0 Å². The summed E-state index contributed by atoms with van der Waals surface area (Å²) in [5, 5.41) is 2.93. The first-order chi connectivity index (χ1) is 9.19. The maximum absolute atomic E-state index is 11.9. The summed E-state index contributed by atoms with van der Waals surface area (Å²) in [5.41, 5.74) is 2.19. The van der Waals surface area contributed by atoms with Crippen LogP contribution in [-0.4, -0.2) is 13.0 Å². The number of rotatable bonds is 5. The molecule has 0 aliphatic carbocycles. The summed E-state index contributed by atoms with van der Waals surface area (Å²) in [6.45, 7) is 3.12. The Kier molecular flexibility index (Phi) is 4.71. The molecule has 0 saturated carbocycles. The zero-order chi connectivity index (χ0) is 13.7. The first-order valence-corrected chi connectivity index (χ1v) is 6.92. The number of hydrogen-bond acceptors (Lipinski definition) is 3. The van der Waals surface area contributed by atoms with Crippen LogP contribution in [0.4, 0.5) is 0 Å². The van der Waals surface area contributed by atoms with E-state index in [0.717, 1.165) is 20.9 Å². The molecule has 4 heteroatoms. The molecule has 2 rings (SSSR count). The van der Waals surface area contributed by atoms with E-state index in [0.29, 0.717) is 13.2 Å². The average Bonchev–Trinajstić information content (AvgIpc) is 2.84. The highest BCUT2D eigenvalue weighted by Crippen LogP contribution is 2.15. The number of carbonyl (C=O) groups excluding carboxylic acids is 1. The molecule has 0 radical (unpaired) electrons. The van der Waals surface area contributed by atoms with E-state index in [1.54, 1.807) is 7.11 Å². The van der Waals surface area contributed by atoms with Gasteiger partial charge in [-0.05, 0) is 30.2 Å². The van der Waals surface area contributed by atoms with Crippen molar-refractivity contribution in [2.24, 2.45) is 0 Å². The van der Waals surface area contributed by atoms with Crippen LogP contribution in [-0.2, 0) is 17.9 Å². The predicted octanol–water partition coefficient (Wildman–Crippen LogP) is 3.13. The lowest BCUT2D eigenvalue weighted by molar-refractivity contribution is 0.0955.